The van der Waals surface area contributed by atoms with Crippen LogP contribution in [0.1, 0.15) is 77.3 Å². The van der Waals surface area contributed by atoms with Crippen LogP contribution in [0.3, 0.4) is 0 Å². The Labute approximate surface area is 132 Å². The van der Waals surface area contributed by atoms with Crippen LogP contribution < -0.4 is 5.32 Å². The van der Waals surface area contributed by atoms with Gasteiger partial charge in [-0.1, -0.05) is 71.7 Å². The molecule has 0 radical (unpaired) electrons. The third kappa shape index (κ3) is 5.82. The molecule has 1 unspecified atom stereocenters. The summed E-state index contributed by atoms with van der Waals surface area (Å²) in [6, 6.07) is 9.32. The Kier molecular flexibility index (Phi) is 8.03. The molecule has 0 saturated heterocycles. The highest BCUT2D eigenvalue weighted by Gasteiger charge is 2.27. The second-order valence-corrected chi connectivity index (χ2v) is 6.81. The van der Waals surface area contributed by atoms with Gasteiger partial charge in [0.25, 0.3) is 0 Å². The van der Waals surface area contributed by atoms with Crippen molar-refractivity contribution in [1.82, 2.24) is 5.32 Å². The molecule has 120 valence electrons. The fourth-order valence-corrected chi connectivity index (χ4v) is 3.06. The number of unbranched alkanes of at least 4 members (excludes halogenated alkanes) is 1. The van der Waals surface area contributed by atoms with Crippen molar-refractivity contribution < 1.29 is 0 Å². The lowest BCUT2D eigenvalue weighted by Gasteiger charge is -2.33. The van der Waals surface area contributed by atoms with Crippen LogP contribution in [0.15, 0.2) is 24.3 Å². The van der Waals surface area contributed by atoms with E-state index in [-0.39, 0.29) is 0 Å². The maximum absolute atomic E-state index is 3.60. The number of hydrogen-bond acceptors (Lipinski definition) is 1. The summed E-state index contributed by atoms with van der Waals surface area (Å²) in [6.45, 7) is 13.6. The first-order chi connectivity index (χ1) is 10.1. The first-order valence-electron chi connectivity index (χ1n) is 8.86. The number of hydrogen-bond donors (Lipinski definition) is 1. The van der Waals surface area contributed by atoms with Gasteiger partial charge in [-0.2, -0.15) is 0 Å². The second kappa shape index (κ2) is 9.25. The van der Waals surface area contributed by atoms with Gasteiger partial charge in [0.1, 0.15) is 0 Å². The molecule has 0 bridgehead atoms. The topological polar surface area (TPSA) is 12.0 Å². The standard InChI is InChI=1S/C20H35N/c1-6-9-14-20(7-2,16-21-8-3)15-18-10-12-19(13-11-18)17(4)5/h10-13,17,21H,6-9,14-16H2,1-5H3. The summed E-state index contributed by atoms with van der Waals surface area (Å²) in [4.78, 5) is 0. The van der Waals surface area contributed by atoms with Crippen LogP contribution >= 0.6 is 0 Å². The van der Waals surface area contributed by atoms with Gasteiger partial charge >= 0.3 is 0 Å². The average Bonchev–Trinajstić information content (AvgIpc) is 2.50. The van der Waals surface area contributed by atoms with E-state index < -0.39 is 0 Å². The summed E-state index contributed by atoms with van der Waals surface area (Å²) in [6.07, 6.45) is 6.42. The lowest BCUT2D eigenvalue weighted by atomic mass is 9.75. The molecule has 1 atom stereocenters. The minimum absolute atomic E-state index is 0.422. The van der Waals surface area contributed by atoms with Crippen molar-refractivity contribution in [2.75, 3.05) is 13.1 Å². The van der Waals surface area contributed by atoms with Crippen LogP contribution in [-0.4, -0.2) is 13.1 Å². The van der Waals surface area contributed by atoms with Crippen LogP contribution in [0.5, 0.6) is 0 Å². The quantitative estimate of drug-likeness (QED) is 0.595. The van der Waals surface area contributed by atoms with Crippen molar-refractivity contribution in [3.05, 3.63) is 35.4 Å². The Bertz CT molecular complexity index is 369. The van der Waals surface area contributed by atoms with E-state index in [0.717, 1.165) is 13.1 Å². The highest BCUT2D eigenvalue weighted by Crippen LogP contribution is 2.33. The molecule has 1 rings (SSSR count). The van der Waals surface area contributed by atoms with E-state index in [2.05, 4.69) is 64.2 Å². The molecule has 1 aromatic rings. The Morgan fingerprint density at radius 3 is 2.19 bits per heavy atom. The van der Waals surface area contributed by atoms with Crippen LogP contribution in [0.25, 0.3) is 0 Å². The first kappa shape index (κ1) is 18.2. The molecule has 0 fully saturated rings. The normalized spacial score (nSPS) is 14.4. The predicted molar refractivity (Wildman–Crippen MR) is 95.0 cm³/mol. The van der Waals surface area contributed by atoms with Crippen LogP contribution in [-0.2, 0) is 6.42 Å². The highest BCUT2D eigenvalue weighted by atomic mass is 14.9. The molecule has 1 nitrogen and oxygen atoms in total. The molecule has 0 heterocycles. The van der Waals surface area contributed by atoms with Gasteiger partial charge in [-0.3, -0.25) is 0 Å². The summed E-state index contributed by atoms with van der Waals surface area (Å²) in [5.41, 5.74) is 3.36. The third-order valence-electron chi connectivity index (χ3n) is 4.79. The summed E-state index contributed by atoms with van der Waals surface area (Å²) in [5.74, 6) is 0.622. The molecule has 0 aliphatic heterocycles. The molecule has 1 heteroatoms. The van der Waals surface area contributed by atoms with E-state index in [1.54, 1.807) is 0 Å². The zero-order valence-corrected chi connectivity index (χ0v) is 14.8. The van der Waals surface area contributed by atoms with Gasteiger partial charge in [-0.25, -0.2) is 0 Å². The molecular weight excluding hydrogens is 254 g/mol. The molecular formula is C20H35N. The molecule has 1 aromatic carbocycles. The van der Waals surface area contributed by atoms with Gasteiger partial charge in [-0.05, 0) is 48.3 Å². The highest BCUT2D eigenvalue weighted by molar-refractivity contribution is 5.25. The van der Waals surface area contributed by atoms with E-state index in [9.17, 15) is 0 Å². The van der Waals surface area contributed by atoms with Gasteiger partial charge in [0.2, 0.25) is 0 Å². The zero-order chi connectivity index (χ0) is 15.7. The molecule has 0 aliphatic carbocycles. The van der Waals surface area contributed by atoms with Crippen LogP contribution in [0, 0.1) is 5.41 Å². The average molecular weight is 290 g/mol. The van der Waals surface area contributed by atoms with Gasteiger partial charge in [0.05, 0.1) is 0 Å². The lowest BCUT2D eigenvalue weighted by molar-refractivity contribution is 0.231. The van der Waals surface area contributed by atoms with Gasteiger partial charge in [0.15, 0.2) is 0 Å². The van der Waals surface area contributed by atoms with Crippen molar-refractivity contribution in [3.63, 3.8) is 0 Å². The molecule has 0 aromatic heterocycles. The van der Waals surface area contributed by atoms with E-state index >= 15 is 0 Å². The minimum atomic E-state index is 0.422. The monoisotopic (exact) mass is 289 g/mol. The third-order valence-corrected chi connectivity index (χ3v) is 4.79. The number of benzene rings is 1. The molecule has 0 spiro atoms. The fourth-order valence-electron chi connectivity index (χ4n) is 3.06. The van der Waals surface area contributed by atoms with E-state index in [1.807, 2.05) is 0 Å². The fraction of sp³-hybridized carbons (Fsp3) is 0.700. The molecule has 0 amide bonds. The van der Waals surface area contributed by atoms with Crippen LogP contribution in [0.2, 0.25) is 0 Å². The van der Waals surface area contributed by atoms with Gasteiger partial charge in [-0.15, -0.1) is 0 Å². The Hall–Kier alpha value is -0.820. The number of rotatable bonds is 10. The largest absolute Gasteiger partial charge is 0.316 e. The maximum atomic E-state index is 3.60. The molecule has 0 aliphatic rings. The lowest BCUT2D eigenvalue weighted by Crippen LogP contribution is -2.36. The first-order valence-corrected chi connectivity index (χ1v) is 8.86. The summed E-state index contributed by atoms with van der Waals surface area (Å²) in [7, 11) is 0. The van der Waals surface area contributed by atoms with Crippen molar-refractivity contribution in [1.29, 1.82) is 0 Å². The molecule has 1 N–H and O–H groups in total. The van der Waals surface area contributed by atoms with Crippen molar-refractivity contribution >= 4 is 0 Å². The second-order valence-electron chi connectivity index (χ2n) is 6.81. The van der Waals surface area contributed by atoms with Gasteiger partial charge < -0.3 is 5.32 Å². The van der Waals surface area contributed by atoms with Gasteiger partial charge in [0, 0.05) is 6.54 Å². The van der Waals surface area contributed by atoms with E-state index in [0.29, 0.717) is 11.3 Å². The van der Waals surface area contributed by atoms with Crippen molar-refractivity contribution in [2.24, 2.45) is 5.41 Å². The maximum Gasteiger partial charge on any atom is 0.00108 e. The summed E-state index contributed by atoms with van der Waals surface area (Å²) in [5, 5.41) is 3.60. The Morgan fingerprint density at radius 1 is 1.05 bits per heavy atom. The van der Waals surface area contributed by atoms with E-state index in [4.69, 9.17) is 0 Å². The predicted octanol–water partition coefficient (Wildman–Crippen LogP) is 5.55. The Balaban J connectivity index is 2.82. The van der Waals surface area contributed by atoms with E-state index in [1.165, 1.54) is 43.2 Å². The molecule has 21 heavy (non-hydrogen) atoms. The SMILES string of the molecule is CCCCC(CC)(CNCC)Cc1ccc(C(C)C)cc1. The zero-order valence-electron chi connectivity index (χ0n) is 14.8. The number of nitrogens with one attached hydrogen (secondary N) is 1. The summed E-state index contributed by atoms with van der Waals surface area (Å²) >= 11 is 0. The smallest absolute Gasteiger partial charge is 0.00108 e. The Morgan fingerprint density at radius 2 is 1.71 bits per heavy atom. The van der Waals surface area contributed by atoms with Crippen molar-refractivity contribution in [3.8, 4) is 0 Å². The molecule has 0 saturated carbocycles. The van der Waals surface area contributed by atoms with Crippen molar-refractivity contribution in [2.45, 2.75) is 72.6 Å². The van der Waals surface area contributed by atoms with Crippen LogP contribution in [0.4, 0.5) is 0 Å². The minimum Gasteiger partial charge on any atom is -0.316 e. The summed E-state index contributed by atoms with van der Waals surface area (Å²) < 4.78 is 0.